The molecule has 0 fully saturated rings. The topological polar surface area (TPSA) is 44.1 Å². The summed E-state index contributed by atoms with van der Waals surface area (Å²) in [6, 6.07) is 15.5. The van der Waals surface area contributed by atoms with Gasteiger partial charge in [-0.3, -0.25) is 0 Å². The Balaban J connectivity index is 1.87. The molecule has 0 atom stereocenters. The van der Waals surface area contributed by atoms with E-state index in [-0.39, 0.29) is 12.4 Å². The number of rotatable bonds is 5. The maximum Gasteiger partial charge on any atom is 0.342 e. The normalized spacial score (nSPS) is 10.7. The van der Waals surface area contributed by atoms with Crippen LogP contribution in [0.3, 0.4) is 0 Å². The van der Waals surface area contributed by atoms with Crippen LogP contribution in [-0.4, -0.2) is 15.7 Å². The van der Waals surface area contributed by atoms with Crippen molar-refractivity contribution >= 4 is 5.97 Å². The fraction of sp³-hybridized carbons (Fsp3) is 0.200. The minimum atomic E-state index is -0.397. The van der Waals surface area contributed by atoms with Gasteiger partial charge in [-0.05, 0) is 43.2 Å². The summed E-state index contributed by atoms with van der Waals surface area (Å²) in [4.78, 5) is 12.6. The van der Waals surface area contributed by atoms with Gasteiger partial charge in [0, 0.05) is 0 Å². The number of carbonyl (C=O) groups is 1. The number of ether oxygens (including phenoxy) is 1. The lowest BCUT2D eigenvalue weighted by atomic mass is 10.1. The molecular weight excluding hydrogens is 319 g/mol. The molecule has 0 aliphatic heterocycles. The van der Waals surface area contributed by atoms with Crippen LogP contribution in [0.2, 0.25) is 0 Å². The zero-order valence-corrected chi connectivity index (χ0v) is 14.2. The number of hydrogen-bond donors (Lipinski definition) is 0. The van der Waals surface area contributed by atoms with Crippen molar-refractivity contribution < 1.29 is 13.9 Å². The fourth-order valence-corrected chi connectivity index (χ4v) is 2.70. The van der Waals surface area contributed by atoms with Crippen LogP contribution in [0.25, 0.3) is 5.69 Å². The number of halogens is 1. The molecule has 25 heavy (non-hydrogen) atoms. The van der Waals surface area contributed by atoms with Gasteiger partial charge < -0.3 is 4.74 Å². The third kappa shape index (κ3) is 3.60. The molecule has 0 bridgehead atoms. The molecule has 2 aromatic carbocycles. The molecule has 0 aliphatic carbocycles. The van der Waals surface area contributed by atoms with Gasteiger partial charge in [0.15, 0.2) is 0 Å². The van der Waals surface area contributed by atoms with E-state index < -0.39 is 5.97 Å². The van der Waals surface area contributed by atoms with Crippen molar-refractivity contribution in [2.24, 2.45) is 0 Å². The van der Waals surface area contributed by atoms with Gasteiger partial charge in [0.2, 0.25) is 0 Å². The van der Waals surface area contributed by atoms with Crippen molar-refractivity contribution in [1.82, 2.24) is 9.78 Å². The van der Waals surface area contributed by atoms with Crippen molar-refractivity contribution in [1.29, 1.82) is 0 Å². The van der Waals surface area contributed by atoms with Crippen molar-refractivity contribution in [3.05, 3.63) is 82.9 Å². The molecule has 0 N–H and O–H groups in total. The van der Waals surface area contributed by atoms with Crippen molar-refractivity contribution in [3.8, 4) is 5.69 Å². The highest BCUT2D eigenvalue weighted by atomic mass is 19.1. The summed E-state index contributed by atoms with van der Waals surface area (Å²) in [7, 11) is 0. The number of esters is 1. The molecule has 0 unspecified atom stereocenters. The van der Waals surface area contributed by atoms with Gasteiger partial charge in [0.1, 0.15) is 18.0 Å². The summed E-state index contributed by atoms with van der Waals surface area (Å²) < 4.78 is 20.2. The van der Waals surface area contributed by atoms with E-state index >= 15 is 0 Å². The van der Waals surface area contributed by atoms with Crippen molar-refractivity contribution in [2.75, 3.05) is 0 Å². The second-order valence-corrected chi connectivity index (χ2v) is 5.71. The Kier molecular flexibility index (Phi) is 4.93. The number of hydrogen-bond acceptors (Lipinski definition) is 3. The first-order valence-corrected chi connectivity index (χ1v) is 8.15. The number of aryl methyl sites for hydroxylation is 1. The van der Waals surface area contributed by atoms with Crippen molar-refractivity contribution in [3.63, 3.8) is 0 Å². The van der Waals surface area contributed by atoms with Crippen LogP contribution < -0.4 is 0 Å². The molecule has 1 aromatic heterocycles. The monoisotopic (exact) mass is 338 g/mol. The largest absolute Gasteiger partial charge is 0.457 e. The molecule has 5 heteroatoms. The van der Waals surface area contributed by atoms with E-state index in [9.17, 15) is 9.18 Å². The Hall–Kier alpha value is -2.95. The van der Waals surface area contributed by atoms with Gasteiger partial charge in [0.25, 0.3) is 0 Å². The van der Waals surface area contributed by atoms with Gasteiger partial charge >= 0.3 is 5.97 Å². The SMILES string of the molecule is CCc1nn(-c2ccc(F)cc2)c(C)c1C(=O)OCc1ccccc1. The second-order valence-electron chi connectivity index (χ2n) is 5.71. The van der Waals surface area contributed by atoms with Crippen LogP contribution in [0, 0.1) is 12.7 Å². The van der Waals surface area contributed by atoms with Gasteiger partial charge in [-0.2, -0.15) is 5.10 Å². The highest BCUT2D eigenvalue weighted by molar-refractivity contribution is 5.92. The summed E-state index contributed by atoms with van der Waals surface area (Å²) in [5.74, 6) is -0.710. The standard InChI is InChI=1S/C20H19FN2O2/c1-3-18-19(20(24)25-13-15-7-5-4-6-8-15)14(2)23(22-18)17-11-9-16(21)10-12-17/h4-12H,3,13H2,1-2H3. The third-order valence-electron chi connectivity index (χ3n) is 4.01. The van der Waals surface area contributed by atoms with Gasteiger partial charge in [-0.1, -0.05) is 37.3 Å². The lowest BCUT2D eigenvalue weighted by Gasteiger charge is -2.07. The van der Waals surface area contributed by atoms with Crippen LogP contribution >= 0.6 is 0 Å². The van der Waals surface area contributed by atoms with Crippen LogP contribution in [0.5, 0.6) is 0 Å². The Morgan fingerprint density at radius 1 is 1.12 bits per heavy atom. The maximum atomic E-state index is 13.1. The van der Waals surface area contributed by atoms with Crippen molar-refractivity contribution in [2.45, 2.75) is 26.9 Å². The number of benzene rings is 2. The zero-order chi connectivity index (χ0) is 17.8. The minimum Gasteiger partial charge on any atom is -0.457 e. The fourth-order valence-electron chi connectivity index (χ4n) is 2.70. The highest BCUT2D eigenvalue weighted by Gasteiger charge is 2.22. The van der Waals surface area contributed by atoms with E-state index in [1.54, 1.807) is 16.8 Å². The Bertz CT molecular complexity index is 871. The predicted molar refractivity (Wildman–Crippen MR) is 93.2 cm³/mol. The third-order valence-corrected chi connectivity index (χ3v) is 4.01. The van der Waals surface area contributed by atoms with E-state index in [2.05, 4.69) is 5.10 Å². The van der Waals surface area contributed by atoms with Crippen LogP contribution in [0.1, 0.15) is 34.2 Å². The summed E-state index contributed by atoms with van der Waals surface area (Å²) in [5.41, 5.74) is 3.46. The summed E-state index contributed by atoms with van der Waals surface area (Å²) >= 11 is 0. The maximum absolute atomic E-state index is 13.1. The predicted octanol–water partition coefficient (Wildman–Crippen LogP) is 4.24. The van der Waals surface area contributed by atoms with Crippen LogP contribution in [-0.2, 0) is 17.8 Å². The summed E-state index contributed by atoms with van der Waals surface area (Å²) in [6.45, 7) is 3.96. The van der Waals surface area contributed by atoms with E-state index in [4.69, 9.17) is 4.74 Å². The number of aromatic nitrogens is 2. The molecule has 0 saturated heterocycles. The summed E-state index contributed by atoms with van der Waals surface area (Å²) in [6.07, 6.45) is 0.602. The first kappa shape index (κ1) is 16.9. The van der Waals surface area contributed by atoms with E-state index in [0.717, 1.165) is 5.56 Å². The minimum absolute atomic E-state index is 0.212. The second kappa shape index (κ2) is 7.30. The average molecular weight is 338 g/mol. The van der Waals surface area contributed by atoms with E-state index in [1.165, 1.54) is 12.1 Å². The lowest BCUT2D eigenvalue weighted by molar-refractivity contribution is 0.0470. The lowest BCUT2D eigenvalue weighted by Crippen LogP contribution is -2.09. The molecular formula is C20H19FN2O2. The molecule has 0 amide bonds. The smallest absolute Gasteiger partial charge is 0.342 e. The quantitative estimate of drug-likeness (QED) is 0.654. The van der Waals surface area contributed by atoms with E-state index in [1.807, 2.05) is 44.2 Å². The number of nitrogens with zero attached hydrogens (tertiary/aromatic N) is 2. The Morgan fingerprint density at radius 3 is 2.44 bits per heavy atom. The molecule has 0 saturated carbocycles. The molecule has 0 aliphatic rings. The first-order chi connectivity index (χ1) is 12.1. The zero-order valence-electron chi connectivity index (χ0n) is 14.2. The van der Waals surface area contributed by atoms with Gasteiger partial charge in [-0.25, -0.2) is 13.9 Å². The van der Waals surface area contributed by atoms with Crippen LogP contribution in [0.4, 0.5) is 4.39 Å². The van der Waals surface area contributed by atoms with E-state index in [0.29, 0.717) is 29.1 Å². The Labute approximate surface area is 145 Å². The van der Waals surface area contributed by atoms with Crippen LogP contribution in [0.15, 0.2) is 54.6 Å². The first-order valence-electron chi connectivity index (χ1n) is 8.15. The molecule has 0 spiro atoms. The average Bonchev–Trinajstić information content (AvgIpc) is 2.98. The van der Waals surface area contributed by atoms with Gasteiger partial charge in [0.05, 0.1) is 17.1 Å². The molecule has 3 aromatic rings. The molecule has 1 heterocycles. The molecule has 0 radical (unpaired) electrons. The summed E-state index contributed by atoms with van der Waals surface area (Å²) in [5, 5.41) is 4.50. The number of carbonyl (C=O) groups excluding carboxylic acids is 1. The van der Waals surface area contributed by atoms with Gasteiger partial charge in [-0.15, -0.1) is 0 Å². The Morgan fingerprint density at radius 2 is 1.80 bits per heavy atom. The molecule has 3 rings (SSSR count). The molecule has 4 nitrogen and oxygen atoms in total. The molecule has 128 valence electrons. The highest BCUT2D eigenvalue weighted by Crippen LogP contribution is 2.21.